The van der Waals surface area contributed by atoms with Gasteiger partial charge in [-0.15, -0.1) is 22.7 Å². The minimum atomic E-state index is -4.96. The molecule has 0 atom stereocenters. The summed E-state index contributed by atoms with van der Waals surface area (Å²) in [5.74, 6) is -1.57. The van der Waals surface area contributed by atoms with Crippen molar-refractivity contribution in [2.24, 2.45) is 0 Å². The number of nitrogens with zero attached hydrogens (tertiary/aromatic N) is 1. The number of aromatic carboxylic acids is 1. The van der Waals surface area contributed by atoms with Gasteiger partial charge in [0.05, 0.1) is 22.6 Å². The number of hydrogen-bond acceptors (Lipinski definition) is 7. The molecule has 1 aliphatic rings. The van der Waals surface area contributed by atoms with Crippen LogP contribution in [0.4, 0.5) is 26.3 Å². The van der Waals surface area contributed by atoms with Crippen LogP contribution in [0.25, 0.3) is 17.2 Å². The second kappa shape index (κ2) is 10.2. The van der Waals surface area contributed by atoms with E-state index in [1.54, 1.807) is 6.07 Å². The fraction of sp³-hybridized carbons (Fsp3) is 0.136. The third-order valence-corrected chi connectivity index (χ3v) is 8.15. The van der Waals surface area contributed by atoms with E-state index in [1.807, 2.05) is 0 Å². The summed E-state index contributed by atoms with van der Waals surface area (Å²) in [6.07, 6.45) is -8.48. The summed E-state index contributed by atoms with van der Waals surface area (Å²) in [7, 11) is 0. The monoisotopic (exact) mass is 594 g/mol. The lowest BCUT2D eigenvalue weighted by molar-refractivity contribution is -0.143. The Morgan fingerprint density at radius 3 is 2.24 bits per heavy atom. The van der Waals surface area contributed by atoms with Crippen LogP contribution < -0.4 is 5.43 Å². The number of hydrogen-bond donors (Lipinski definition) is 2. The molecule has 1 aliphatic heterocycles. The second-order valence-electron chi connectivity index (χ2n) is 7.46. The van der Waals surface area contributed by atoms with E-state index in [9.17, 15) is 35.9 Å². The molecule has 0 unspecified atom stereocenters. The number of carboxylic acid groups (broad SMARTS) is 1. The SMILES string of the molecule is O=C(O)c1ccc(CNN2C(=O)/C(=C/c3cc(-c4cc(C(F)(F)F)cc(C(F)(F)F)c4)cs3)SC2=S)s1. The van der Waals surface area contributed by atoms with Crippen molar-refractivity contribution >= 4 is 68.9 Å². The molecule has 5 nitrogen and oxygen atoms in total. The number of hydrazine groups is 1. The number of thiophene rings is 2. The molecule has 194 valence electrons. The van der Waals surface area contributed by atoms with E-state index in [1.165, 1.54) is 23.6 Å². The number of nitrogens with one attached hydrogen (secondary N) is 1. The normalized spacial score (nSPS) is 15.7. The molecule has 1 fully saturated rings. The van der Waals surface area contributed by atoms with Gasteiger partial charge in [0, 0.05) is 9.75 Å². The fourth-order valence-corrected chi connectivity index (χ4v) is 6.09. The predicted octanol–water partition coefficient (Wildman–Crippen LogP) is 7.12. The maximum absolute atomic E-state index is 13.2. The molecule has 15 heteroatoms. The molecule has 0 radical (unpaired) electrons. The van der Waals surface area contributed by atoms with Crippen LogP contribution in [0.2, 0.25) is 0 Å². The van der Waals surface area contributed by atoms with Gasteiger partial charge in [0.25, 0.3) is 5.91 Å². The summed E-state index contributed by atoms with van der Waals surface area (Å²) in [5, 5.41) is 11.5. The van der Waals surface area contributed by atoms with Crippen LogP contribution >= 0.6 is 46.7 Å². The van der Waals surface area contributed by atoms with E-state index in [0.29, 0.717) is 21.9 Å². The van der Waals surface area contributed by atoms with Crippen molar-refractivity contribution in [3.05, 3.63) is 72.4 Å². The third-order valence-electron chi connectivity index (χ3n) is 4.89. The highest BCUT2D eigenvalue weighted by molar-refractivity contribution is 8.26. The van der Waals surface area contributed by atoms with Crippen LogP contribution in [0.5, 0.6) is 0 Å². The van der Waals surface area contributed by atoms with Crippen molar-refractivity contribution in [1.82, 2.24) is 10.4 Å². The zero-order chi connectivity index (χ0) is 27.1. The molecule has 1 amide bonds. The molecule has 3 aromatic rings. The van der Waals surface area contributed by atoms with Gasteiger partial charge in [0.2, 0.25) is 0 Å². The Kier molecular flexibility index (Phi) is 7.54. The highest BCUT2D eigenvalue weighted by Crippen LogP contribution is 2.40. The molecule has 0 bridgehead atoms. The number of thiocarbonyl (C=S) groups is 1. The number of alkyl halides is 6. The Labute approximate surface area is 222 Å². The highest BCUT2D eigenvalue weighted by Gasteiger charge is 2.37. The van der Waals surface area contributed by atoms with Gasteiger partial charge in [0.15, 0.2) is 4.32 Å². The Hall–Kier alpha value is -2.72. The summed E-state index contributed by atoms with van der Waals surface area (Å²) in [5.41, 5.74) is -0.138. The Bertz CT molecular complexity index is 1390. The zero-order valence-electron chi connectivity index (χ0n) is 17.9. The van der Waals surface area contributed by atoms with E-state index in [4.69, 9.17) is 17.3 Å². The first kappa shape index (κ1) is 27.3. The Balaban J connectivity index is 1.54. The quantitative estimate of drug-likeness (QED) is 0.180. The average Bonchev–Trinajstić information content (AvgIpc) is 3.52. The number of carbonyl (C=O) groups excluding carboxylic acids is 1. The van der Waals surface area contributed by atoms with Gasteiger partial charge in [0.1, 0.15) is 4.88 Å². The van der Waals surface area contributed by atoms with Crippen LogP contribution in [0, 0.1) is 0 Å². The molecular weight excluding hydrogens is 583 g/mol. The van der Waals surface area contributed by atoms with Crippen molar-refractivity contribution in [2.75, 3.05) is 0 Å². The highest BCUT2D eigenvalue weighted by atomic mass is 32.2. The molecule has 0 aliphatic carbocycles. The minimum absolute atomic E-state index is 0.0633. The summed E-state index contributed by atoms with van der Waals surface area (Å²) in [6.45, 7) is 0.137. The van der Waals surface area contributed by atoms with E-state index in [0.717, 1.165) is 39.4 Å². The number of thioether (sulfide) groups is 1. The lowest BCUT2D eigenvalue weighted by Gasteiger charge is -2.14. The predicted molar refractivity (Wildman–Crippen MR) is 133 cm³/mol. The molecule has 0 saturated carbocycles. The van der Waals surface area contributed by atoms with Crippen molar-refractivity contribution in [3.63, 3.8) is 0 Å². The number of carbonyl (C=O) groups is 2. The largest absolute Gasteiger partial charge is 0.477 e. The number of halogens is 6. The Morgan fingerprint density at radius 1 is 1.03 bits per heavy atom. The molecular formula is C22H12F6N2O3S4. The van der Waals surface area contributed by atoms with Crippen LogP contribution in [-0.4, -0.2) is 26.3 Å². The number of amides is 1. The molecule has 37 heavy (non-hydrogen) atoms. The molecule has 2 aromatic heterocycles. The maximum atomic E-state index is 13.2. The average molecular weight is 595 g/mol. The molecule has 0 spiro atoms. The van der Waals surface area contributed by atoms with Gasteiger partial charge in [-0.05, 0) is 59.0 Å². The van der Waals surface area contributed by atoms with E-state index in [-0.39, 0.29) is 37.8 Å². The summed E-state index contributed by atoms with van der Waals surface area (Å²) < 4.78 is 79.3. The number of carboxylic acids is 1. The van der Waals surface area contributed by atoms with Crippen LogP contribution in [-0.2, 0) is 23.7 Å². The molecule has 3 heterocycles. The van der Waals surface area contributed by atoms with Crippen LogP contribution in [0.3, 0.4) is 0 Å². The lowest BCUT2D eigenvalue weighted by atomic mass is 10.0. The van der Waals surface area contributed by atoms with Crippen molar-refractivity contribution in [2.45, 2.75) is 18.9 Å². The molecule has 2 N–H and O–H groups in total. The van der Waals surface area contributed by atoms with E-state index < -0.39 is 35.4 Å². The van der Waals surface area contributed by atoms with Gasteiger partial charge in [-0.25, -0.2) is 15.2 Å². The summed E-state index contributed by atoms with van der Waals surface area (Å²) >= 11 is 8.25. The summed E-state index contributed by atoms with van der Waals surface area (Å²) in [4.78, 5) is 25.2. The number of rotatable bonds is 6. The zero-order valence-corrected chi connectivity index (χ0v) is 21.2. The van der Waals surface area contributed by atoms with Gasteiger partial charge >= 0.3 is 18.3 Å². The van der Waals surface area contributed by atoms with Crippen molar-refractivity contribution in [3.8, 4) is 11.1 Å². The van der Waals surface area contributed by atoms with E-state index in [2.05, 4.69) is 5.43 Å². The standard InChI is InChI=1S/C22H12F6N2O3S4/c23-21(24,25)12-3-10(4-13(6-12)22(26,27)28)11-5-15(35-9-11)7-17-18(31)30(20(34)37-17)29-8-14-1-2-16(36-14)19(32)33/h1-7,9,29H,8H2,(H,32,33)/b17-7-. The maximum Gasteiger partial charge on any atom is 0.416 e. The van der Waals surface area contributed by atoms with Crippen molar-refractivity contribution in [1.29, 1.82) is 0 Å². The topological polar surface area (TPSA) is 69.6 Å². The number of benzene rings is 1. The smallest absolute Gasteiger partial charge is 0.416 e. The second-order valence-corrected chi connectivity index (χ2v) is 11.2. The van der Waals surface area contributed by atoms with E-state index >= 15 is 0 Å². The minimum Gasteiger partial charge on any atom is -0.477 e. The molecule has 1 aromatic carbocycles. The lowest BCUT2D eigenvalue weighted by Crippen LogP contribution is -2.40. The fourth-order valence-electron chi connectivity index (χ4n) is 3.18. The first-order valence-electron chi connectivity index (χ1n) is 9.94. The van der Waals surface area contributed by atoms with Gasteiger partial charge in [-0.2, -0.15) is 26.3 Å². The van der Waals surface area contributed by atoms with Crippen LogP contribution in [0.15, 0.2) is 46.7 Å². The van der Waals surface area contributed by atoms with Gasteiger partial charge in [-0.1, -0.05) is 24.0 Å². The van der Waals surface area contributed by atoms with Gasteiger partial charge in [-0.3, -0.25) is 4.79 Å². The van der Waals surface area contributed by atoms with Gasteiger partial charge < -0.3 is 5.11 Å². The van der Waals surface area contributed by atoms with Crippen molar-refractivity contribution < 1.29 is 41.0 Å². The van der Waals surface area contributed by atoms with Crippen LogP contribution in [0.1, 0.15) is 30.6 Å². The molecule has 1 saturated heterocycles. The summed E-state index contributed by atoms with van der Waals surface area (Å²) in [6, 6.07) is 5.77. The first-order valence-corrected chi connectivity index (χ1v) is 12.9. The first-order chi connectivity index (χ1) is 17.2. The Morgan fingerprint density at radius 2 is 1.68 bits per heavy atom. The molecule has 4 rings (SSSR count). The third kappa shape index (κ3) is 6.23.